The molecule has 0 bridgehead atoms. The maximum absolute atomic E-state index is 11.5. The van der Waals surface area contributed by atoms with E-state index in [4.69, 9.17) is 19.6 Å². The summed E-state index contributed by atoms with van der Waals surface area (Å²) in [6.07, 6.45) is 1.67. The number of methoxy groups -OCH3 is 2. The summed E-state index contributed by atoms with van der Waals surface area (Å²) in [6, 6.07) is 7.08. The second-order valence-corrected chi connectivity index (χ2v) is 5.39. The Balaban J connectivity index is 2.10. The van der Waals surface area contributed by atoms with Crippen LogP contribution in [0.1, 0.15) is 12.8 Å². The topological polar surface area (TPSA) is 90.8 Å². The zero-order valence-electron chi connectivity index (χ0n) is 14.2. The quantitative estimate of drug-likeness (QED) is 0.751. The van der Waals surface area contributed by atoms with E-state index in [1.807, 2.05) is 29.2 Å². The first-order valence-electron chi connectivity index (χ1n) is 7.66. The van der Waals surface area contributed by atoms with Gasteiger partial charge in [-0.05, 0) is 31.2 Å². The van der Waals surface area contributed by atoms with Crippen molar-refractivity contribution in [2.24, 2.45) is 5.73 Å². The van der Waals surface area contributed by atoms with Crippen LogP contribution in [0.5, 0.6) is 5.75 Å². The van der Waals surface area contributed by atoms with Gasteiger partial charge < -0.3 is 19.6 Å². The van der Waals surface area contributed by atoms with Gasteiger partial charge in [0.1, 0.15) is 5.75 Å². The first-order chi connectivity index (χ1) is 11.5. The number of benzene rings is 1. The molecule has 2 aromatic rings. The van der Waals surface area contributed by atoms with Gasteiger partial charge in [0.25, 0.3) is 0 Å². The Morgan fingerprint density at radius 1 is 1.33 bits per heavy atom. The molecule has 0 fully saturated rings. The number of rotatable bonds is 9. The highest BCUT2D eigenvalue weighted by atomic mass is 16.5. The third-order valence-electron chi connectivity index (χ3n) is 3.81. The van der Waals surface area contributed by atoms with Gasteiger partial charge in [0.2, 0.25) is 11.8 Å². The highest BCUT2D eigenvalue weighted by Crippen LogP contribution is 2.23. The van der Waals surface area contributed by atoms with E-state index in [0.29, 0.717) is 31.3 Å². The van der Waals surface area contributed by atoms with Crippen LogP contribution in [0.2, 0.25) is 0 Å². The SMILES string of the molecule is COCCN(Cc1ncc(-c2ccc(OC)cc2)o1)C(C)C(N)=O. The third kappa shape index (κ3) is 4.56. The van der Waals surface area contributed by atoms with Crippen molar-refractivity contribution in [3.8, 4) is 17.1 Å². The number of amides is 1. The molecule has 2 rings (SSSR count). The van der Waals surface area contributed by atoms with Gasteiger partial charge in [-0.2, -0.15) is 0 Å². The molecule has 0 aliphatic rings. The zero-order valence-corrected chi connectivity index (χ0v) is 14.2. The minimum absolute atomic E-state index is 0.379. The second kappa shape index (κ2) is 8.47. The van der Waals surface area contributed by atoms with E-state index in [9.17, 15) is 4.79 Å². The van der Waals surface area contributed by atoms with Gasteiger partial charge in [-0.1, -0.05) is 0 Å². The molecule has 7 nitrogen and oxygen atoms in total. The summed E-state index contributed by atoms with van der Waals surface area (Å²) in [5.74, 6) is 1.56. The lowest BCUT2D eigenvalue weighted by Crippen LogP contribution is -2.43. The first kappa shape index (κ1) is 18.0. The molecule has 2 N–H and O–H groups in total. The van der Waals surface area contributed by atoms with Crippen LogP contribution in [0.3, 0.4) is 0 Å². The summed E-state index contributed by atoms with van der Waals surface area (Å²) in [5, 5.41) is 0. The fourth-order valence-electron chi connectivity index (χ4n) is 2.24. The average Bonchev–Trinajstić information content (AvgIpc) is 3.06. The molecule has 0 saturated carbocycles. The van der Waals surface area contributed by atoms with E-state index in [1.54, 1.807) is 27.3 Å². The number of nitrogens with zero attached hydrogens (tertiary/aromatic N) is 2. The van der Waals surface area contributed by atoms with Gasteiger partial charge in [0, 0.05) is 19.2 Å². The summed E-state index contributed by atoms with van der Waals surface area (Å²) in [5.41, 5.74) is 6.31. The summed E-state index contributed by atoms with van der Waals surface area (Å²) in [6.45, 7) is 3.18. The summed E-state index contributed by atoms with van der Waals surface area (Å²) < 4.78 is 16.0. The molecule has 1 amide bonds. The first-order valence-corrected chi connectivity index (χ1v) is 7.66. The van der Waals surface area contributed by atoms with E-state index < -0.39 is 11.9 Å². The lowest BCUT2D eigenvalue weighted by Gasteiger charge is -2.25. The molecule has 0 saturated heterocycles. The maximum Gasteiger partial charge on any atom is 0.234 e. The van der Waals surface area contributed by atoms with Gasteiger partial charge in [0.05, 0.1) is 32.5 Å². The Morgan fingerprint density at radius 3 is 2.62 bits per heavy atom. The summed E-state index contributed by atoms with van der Waals surface area (Å²) in [7, 11) is 3.23. The van der Waals surface area contributed by atoms with E-state index in [2.05, 4.69) is 4.98 Å². The van der Waals surface area contributed by atoms with Gasteiger partial charge in [-0.3, -0.25) is 9.69 Å². The van der Waals surface area contributed by atoms with Crippen LogP contribution < -0.4 is 10.5 Å². The predicted molar refractivity (Wildman–Crippen MR) is 89.4 cm³/mol. The Hall–Kier alpha value is -2.38. The van der Waals surface area contributed by atoms with Crippen molar-refractivity contribution in [1.82, 2.24) is 9.88 Å². The van der Waals surface area contributed by atoms with Crippen molar-refractivity contribution >= 4 is 5.91 Å². The van der Waals surface area contributed by atoms with Gasteiger partial charge in [-0.15, -0.1) is 0 Å². The Kier molecular flexibility index (Phi) is 6.34. The van der Waals surface area contributed by atoms with Gasteiger partial charge in [-0.25, -0.2) is 4.98 Å². The molecule has 0 aliphatic carbocycles. The zero-order chi connectivity index (χ0) is 17.5. The van der Waals surface area contributed by atoms with E-state index >= 15 is 0 Å². The molecule has 0 spiro atoms. The molecule has 1 unspecified atom stereocenters. The molecule has 1 aromatic carbocycles. The minimum Gasteiger partial charge on any atom is -0.497 e. The van der Waals surface area contributed by atoms with Crippen LogP contribution in [0.25, 0.3) is 11.3 Å². The standard InChI is InChI=1S/C17H23N3O4/c1-12(17(18)21)20(8-9-22-2)11-16-19-10-15(24-16)13-4-6-14(23-3)7-5-13/h4-7,10,12H,8-9,11H2,1-3H3,(H2,18,21). The fourth-order valence-corrected chi connectivity index (χ4v) is 2.24. The van der Waals surface area contributed by atoms with Gasteiger partial charge >= 0.3 is 0 Å². The number of primary amides is 1. The van der Waals surface area contributed by atoms with Crippen LogP contribution in [0.4, 0.5) is 0 Å². The summed E-state index contributed by atoms with van der Waals surface area (Å²) >= 11 is 0. The third-order valence-corrected chi connectivity index (χ3v) is 3.81. The van der Waals surface area contributed by atoms with Crippen molar-refractivity contribution < 1.29 is 18.7 Å². The van der Waals surface area contributed by atoms with Gasteiger partial charge in [0.15, 0.2) is 5.76 Å². The van der Waals surface area contributed by atoms with Crippen LogP contribution in [-0.2, 0) is 16.1 Å². The number of nitrogens with two attached hydrogens (primary N) is 1. The molecule has 1 heterocycles. The molecule has 0 aliphatic heterocycles. The smallest absolute Gasteiger partial charge is 0.234 e. The minimum atomic E-state index is -0.434. The number of hydrogen-bond acceptors (Lipinski definition) is 6. The lowest BCUT2D eigenvalue weighted by molar-refractivity contribution is -0.123. The molecule has 1 aromatic heterocycles. The van der Waals surface area contributed by atoms with Crippen molar-refractivity contribution in [2.75, 3.05) is 27.4 Å². The Morgan fingerprint density at radius 2 is 2.04 bits per heavy atom. The molecule has 0 radical (unpaired) electrons. The van der Waals surface area contributed by atoms with Crippen molar-refractivity contribution in [1.29, 1.82) is 0 Å². The van der Waals surface area contributed by atoms with Crippen molar-refractivity contribution in [3.05, 3.63) is 36.4 Å². The largest absolute Gasteiger partial charge is 0.497 e. The van der Waals surface area contributed by atoms with Crippen LogP contribution in [0, 0.1) is 0 Å². The molecule has 7 heteroatoms. The van der Waals surface area contributed by atoms with Crippen LogP contribution in [0.15, 0.2) is 34.9 Å². The molecule has 24 heavy (non-hydrogen) atoms. The Bertz CT molecular complexity index is 654. The average molecular weight is 333 g/mol. The van der Waals surface area contributed by atoms with E-state index in [-0.39, 0.29) is 0 Å². The molecule has 130 valence electrons. The lowest BCUT2D eigenvalue weighted by atomic mass is 10.2. The van der Waals surface area contributed by atoms with Crippen molar-refractivity contribution in [2.45, 2.75) is 19.5 Å². The van der Waals surface area contributed by atoms with E-state index in [1.165, 1.54) is 0 Å². The monoisotopic (exact) mass is 333 g/mol. The molecular weight excluding hydrogens is 310 g/mol. The maximum atomic E-state index is 11.5. The predicted octanol–water partition coefficient (Wildman–Crippen LogP) is 1.67. The van der Waals surface area contributed by atoms with Crippen LogP contribution in [-0.4, -0.2) is 49.2 Å². The molecular formula is C17H23N3O4. The second-order valence-electron chi connectivity index (χ2n) is 5.39. The van der Waals surface area contributed by atoms with Crippen molar-refractivity contribution in [3.63, 3.8) is 0 Å². The highest BCUT2D eigenvalue weighted by molar-refractivity contribution is 5.79. The summed E-state index contributed by atoms with van der Waals surface area (Å²) in [4.78, 5) is 17.6. The Labute approximate surface area is 141 Å². The number of ether oxygens (including phenoxy) is 2. The fraction of sp³-hybridized carbons (Fsp3) is 0.412. The normalized spacial score (nSPS) is 12.3. The number of carbonyl (C=O) groups is 1. The number of hydrogen-bond donors (Lipinski definition) is 1. The van der Waals surface area contributed by atoms with E-state index in [0.717, 1.165) is 11.3 Å². The number of carbonyl (C=O) groups excluding carboxylic acids is 1. The number of oxazole rings is 1. The molecule has 1 atom stereocenters. The highest BCUT2D eigenvalue weighted by Gasteiger charge is 2.21. The van der Waals surface area contributed by atoms with Crippen LogP contribution >= 0.6 is 0 Å². The number of aromatic nitrogens is 1.